The van der Waals surface area contributed by atoms with E-state index in [0.717, 1.165) is 11.3 Å². The topological polar surface area (TPSA) is 36.4 Å². The summed E-state index contributed by atoms with van der Waals surface area (Å²) in [5.41, 5.74) is 4.61. The number of allylic oxidation sites excluding steroid dienone is 7. The van der Waals surface area contributed by atoms with Gasteiger partial charge in [-0.25, -0.2) is 18.2 Å². The van der Waals surface area contributed by atoms with Crippen molar-refractivity contribution in [1.29, 1.82) is 0 Å². The van der Waals surface area contributed by atoms with Crippen LogP contribution in [0.1, 0.15) is 50.3 Å². The van der Waals surface area contributed by atoms with Crippen molar-refractivity contribution in [3.63, 3.8) is 0 Å². The summed E-state index contributed by atoms with van der Waals surface area (Å²) < 4.78 is 40.3. The van der Waals surface area contributed by atoms with Gasteiger partial charge in [-0.05, 0) is 48.6 Å². The first-order valence-electron chi connectivity index (χ1n) is 11.0. The minimum absolute atomic E-state index is 0.0479. The number of rotatable bonds is 10. The summed E-state index contributed by atoms with van der Waals surface area (Å²) in [7, 11) is 2.17. The molecule has 0 spiro atoms. The van der Waals surface area contributed by atoms with Gasteiger partial charge >= 0.3 is 0 Å². The van der Waals surface area contributed by atoms with Crippen LogP contribution < -0.4 is 10.6 Å². The summed E-state index contributed by atoms with van der Waals surface area (Å²) in [6.45, 7) is 15.9. The molecule has 0 aromatic heterocycles. The van der Waals surface area contributed by atoms with Crippen molar-refractivity contribution in [3.8, 4) is 0 Å². The highest BCUT2D eigenvalue weighted by Gasteiger charge is 2.19. The van der Waals surface area contributed by atoms with Gasteiger partial charge in [0.2, 0.25) is 0 Å². The van der Waals surface area contributed by atoms with E-state index in [4.69, 9.17) is 4.99 Å². The molecule has 0 saturated heterocycles. The third-order valence-corrected chi connectivity index (χ3v) is 5.58. The van der Waals surface area contributed by atoms with Crippen LogP contribution in [0.3, 0.4) is 0 Å². The van der Waals surface area contributed by atoms with Crippen molar-refractivity contribution in [2.75, 3.05) is 0 Å². The molecule has 1 aromatic carbocycles. The fourth-order valence-electron chi connectivity index (χ4n) is 3.09. The summed E-state index contributed by atoms with van der Waals surface area (Å²) in [5.74, 6) is -0.560. The van der Waals surface area contributed by atoms with Gasteiger partial charge in [-0.3, -0.25) is 0 Å². The van der Waals surface area contributed by atoms with Gasteiger partial charge in [-0.2, -0.15) is 0 Å². The fourth-order valence-corrected chi connectivity index (χ4v) is 3.38. The Hall–Kier alpha value is -2.85. The highest BCUT2D eigenvalue weighted by atomic mass is 31.0. The van der Waals surface area contributed by atoms with Crippen molar-refractivity contribution >= 4 is 15.1 Å². The number of alkyl halides is 3. The van der Waals surface area contributed by atoms with Crippen LogP contribution in [0.25, 0.3) is 0 Å². The number of benzene rings is 1. The van der Waals surface area contributed by atoms with Crippen LogP contribution in [0.15, 0.2) is 95.0 Å². The van der Waals surface area contributed by atoms with E-state index in [2.05, 4.69) is 46.9 Å². The van der Waals surface area contributed by atoms with Crippen LogP contribution in [-0.4, -0.2) is 12.3 Å². The normalized spacial score (nSPS) is 16.0. The maximum atomic E-state index is 14.5. The van der Waals surface area contributed by atoms with Gasteiger partial charge in [-0.15, -0.1) is 0 Å². The lowest BCUT2D eigenvalue weighted by atomic mass is 10.0. The second kappa shape index (κ2) is 12.6. The molecule has 7 heteroatoms. The molecule has 0 saturated carbocycles. The Balaban J connectivity index is 2.52. The van der Waals surface area contributed by atoms with E-state index in [9.17, 15) is 13.2 Å². The highest BCUT2D eigenvalue weighted by Crippen LogP contribution is 2.30. The van der Waals surface area contributed by atoms with Crippen molar-refractivity contribution in [2.24, 2.45) is 10.9 Å². The lowest BCUT2D eigenvalue weighted by molar-refractivity contribution is 0.190. The Labute approximate surface area is 203 Å². The summed E-state index contributed by atoms with van der Waals surface area (Å²) in [6.07, 6.45) is 5.75. The van der Waals surface area contributed by atoms with E-state index in [-0.39, 0.29) is 5.57 Å². The average Bonchev–Trinajstić information content (AvgIpc) is 2.78. The molecule has 1 aliphatic rings. The molecule has 0 fully saturated rings. The number of halogens is 3. The average molecular weight is 488 g/mol. The first-order chi connectivity index (χ1) is 16.0. The van der Waals surface area contributed by atoms with Crippen LogP contribution in [-0.2, 0) is 6.54 Å². The first kappa shape index (κ1) is 27.4. The van der Waals surface area contributed by atoms with Gasteiger partial charge in [0.05, 0.1) is 5.70 Å². The lowest BCUT2D eigenvalue weighted by Crippen LogP contribution is -2.27. The Morgan fingerprint density at radius 2 is 1.94 bits per heavy atom. The third-order valence-electron chi connectivity index (χ3n) is 5.22. The maximum Gasteiger partial charge on any atom is 0.259 e. The Bertz CT molecular complexity index is 1080. The molecule has 2 unspecified atom stereocenters. The second-order valence-electron chi connectivity index (χ2n) is 8.33. The lowest BCUT2D eigenvalue weighted by Gasteiger charge is -2.21. The minimum atomic E-state index is -2.53. The molecule has 1 aromatic rings. The van der Waals surface area contributed by atoms with E-state index in [0.29, 0.717) is 46.4 Å². The third kappa shape index (κ3) is 7.59. The largest absolute Gasteiger partial charge is 0.385 e. The van der Waals surface area contributed by atoms with Crippen LogP contribution in [0.4, 0.5) is 13.2 Å². The number of hydrogen-bond acceptors (Lipinski definition) is 3. The molecule has 2 rings (SSSR count). The molecule has 182 valence electrons. The van der Waals surface area contributed by atoms with E-state index in [1.165, 1.54) is 13.0 Å². The summed E-state index contributed by atoms with van der Waals surface area (Å²) in [6, 6.07) is 5.49. The second-order valence-corrected chi connectivity index (χ2v) is 8.92. The molecule has 0 bridgehead atoms. The predicted octanol–water partition coefficient (Wildman–Crippen LogP) is 7.25. The van der Waals surface area contributed by atoms with Gasteiger partial charge in [0, 0.05) is 29.1 Å². The van der Waals surface area contributed by atoms with Gasteiger partial charge in [0.1, 0.15) is 11.7 Å². The number of aliphatic imine (C=N–C) groups is 1. The molecule has 0 amide bonds. The fraction of sp³-hybridized carbons (Fsp3) is 0.296. The molecule has 2 N–H and O–H groups in total. The number of nitrogens with one attached hydrogen (secondary N) is 2. The van der Waals surface area contributed by atoms with Crippen LogP contribution in [0.5, 0.6) is 0 Å². The standard InChI is InChI=1S/C27H33F3N3P/c1-7-8-21(11-9-17(4)25(28)29)24-13-18(5)32-27(33-24)23-14-20(10-12-22(23)26(30)34)15-31-19(6)16(2)3/h7-14,16,25-26,31H,5-6,15,34H2,1-4H3,(H,32,33)/b8-7+,17-9+,21-11+. The maximum absolute atomic E-state index is 14.5. The van der Waals surface area contributed by atoms with E-state index < -0.39 is 12.3 Å². The smallest absolute Gasteiger partial charge is 0.259 e. The van der Waals surface area contributed by atoms with Crippen molar-refractivity contribution in [1.82, 2.24) is 10.6 Å². The van der Waals surface area contributed by atoms with Gasteiger partial charge in [0.15, 0.2) is 0 Å². The predicted molar refractivity (Wildman–Crippen MR) is 140 cm³/mol. The Kier molecular flexibility index (Phi) is 10.1. The quantitative estimate of drug-likeness (QED) is 0.269. The van der Waals surface area contributed by atoms with E-state index in [1.54, 1.807) is 30.4 Å². The molecule has 34 heavy (non-hydrogen) atoms. The summed E-state index contributed by atoms with van der Waals surface area (Å²) in [5, 5.41) is 6.42. The monoisotopic (exact) mass is 487 g/mol. The first-order valence-corrected chi connectivity index (χ1v) is 11.7. The zero-order valence-corrected chi connectivity index (χ0v) is 21.3. The van der Waals surface area contributed by atoms with Crippen molar-refractivity contribution < 1.29 is 13.2 Å². The number of hydrogen-bond donors (Lipinski definition) is 2. The molecule has 2 atom stereocenters. The highest BCUT2D eigenvalue weighted by molar-refractivity contribution is 7.16. The zero-order valence-electron chi connectivity index (χ0n) is 20.1. The summed E-state index contributed by atoms with van der Waals surface area (Å²) in [4.78, 5) is 4.71. The molecular formula is C27H33F3N3P. The molecular weight excluding hydrogens is 454 g/mol. The SMILES string of the molecule is C=C1C=C(C(/C=C/C)=C/C=C(\C)C(F)F)N=C(c2cc(CNC(=C)C(C)C)ccc2C(F)P)N1. The number of amidine groups is 1. The van der Waals surface area contributed by atoms with Gasteiger partial charge in [-0.1, -0.05) is 72.7 Å². The Morgan fingerprint density at radius 3 is 2.53 bits per heavy atom. The summed E-state index contributed by atoms with van der Waals surface area (Å²) >= 11 is 0. The van der Waals surface area contributed by atoms with Crippen LogP contribution in [0, 0.1) is 5.92 Å². The van der Waals surface area contributed by atoms with Gasteiger partial charge < -0.3 is 10.6 Å². The molecule has 1 aliphatic heterocycles. The minimum Gasteiger partial charge on any atom is -0.385 e. The Morgan fingerprint density at radius 1 is 1.24 bits per heavy atom. The molecule has 0 radical (unpaired) electrons. The molecule has 0 aliphatic carbocycles. The van der Waals surface area contributed by atoms with Crippen LogP contribution in [0.2, 0.25) is 0 Å². The van der Waals surface area contributed by atoms with Crippen molar-refractivity contribution in [3.05, 3.63) is 107 Å². The van der Waals surface area contributed by atoms with E-state index in [1.807, 2.05) is 19.1 Å². The zero-order chi connectivity index (χ0) is 25.4. The molecule has 1 heterocycles. The van der Waals surface area contributed by atoms with Crippen LogP contribution >= 0.6 is 9.24 Å². The number of nitrogens with zero attached hydrogens (tertiary/aromatic N) is 1. The van der Waals surface area contributed by atoms with Crippen molar-refractivity contribution in [2.45, 2.75) is 46.6 Å². The van der Waals surface area contributed by atoms with Gasteiger partial charge in [0.25, 0.3) is 6.43 Å². The molecule has 3 nitrogen and oxygen atoms in total. The van der Waals surface area contributed by atoms with E-state index >= 15 is 0 Å².